The van der Waals surface area contributed by atoms with Crippen molar-refractivity contribution in [3.63, 3.8) is 0 Å². The van der Waals surface area contributed by atoms with Crippen molar-refractivity contribution in [1.82, 2.24) is 41.3 Å². The molecule has 0 spiro atoms. The third-order valence-electron chi connectivity index (χ3n) is 18.2. The molecule has 18 heteroatoms. The predicted octanol–water partition coefficient (Wildman–Crippen LogP) is 12.9. The topological polar surface area (TPSA) is 198 Å². The first-order valence-electron chi connectivity index (χ1n) is 32.0. The normalized spacial score (nSPS) is 19.5. The highest BCUT2D eigenvalue weighted by molar-refractivity contribution is 7.73. The van der Waals surface area contributed by atoms with Crippen molar-refractivity contribution in [3.05, 3.63) is 309 Å². The third kappa shape index (κ3) is 12.4. The number of benzene rings is 9. The maximum absolute atomic E-state index is 15.5. The van der Waals surface area contributed by atoms with E-state index < -0.39 is 80.7 Å². The Kier molecular flexibility index (Phi) is 18.4. The number of hydrogen-bond acceptors (Lipinski definition) is 8. The molecular weight excluding hydrogens is 1230 g/mol. The molecule has 8 atom stereocenters. The zero-order valence-corrected chi connectivity index (χ0v) is 54.4. The summed E-state index contributed by atoms with van der Waals surface area (Å²) in [6, 6.07) is 72.9. The van der Waals surface area contributed by atoms with Gasteiger partial charge in [-0.15, -0.1) is 0 Å². The molecule has 0 aliphatic carbocycles. The molecule has 9 aromatic rings. The Hall–Kier alpha value is -10.4. The van der Waals surface area contributed by atoms with Crippen molar-refractivity contribution in [2.75, 3.05) is 0 Å². The molecule has 9 aromatic carbocycles. The fourth-order valence-electron chi connectivity index (χ4n) is 13.6. The van der Waals surface area contributed by atoms with Crippen molar-refractivity contribution >= 4 is 73.7 Å². The van der Waals surface area contributed by atoms with E-state index >= 15 is 38.4 Å². The smallest absolute Gasteiger partial charge is 0.252 e. The molecule has 8 amide bonds. The van der Waals surface area contributed by atoms with Crippen LogP contribution in [0, 0.1) is 0 Å². The lowest BCUT2D eigenvalue weighted by atomic mass is 10.0. The summed E-state index contributed by atoms with van der Waals surface area (Å²) >= 11 is 0. The van der Waals surface area contributed by atoms with Crippen LogP contribution in [0.4, 0.5) is 0 Å². The number of carbonyl (C=O) groups excluding carboxylic acids is 8. The largest absolute Gasteiger partial charge is 0.348 e. The molecule has 16 nitrogen and oxygen atoms in total. The number of fused-ring (bicyclic) bond motifs is 2. The lowest BCUT2D eigenvalue weighted by Gasteiger charge is -2.38. The minimum Gasteiger partial charge on any atom is -0.348 e. The molecular formula is C77H70N8O8P2. The second kappa shape index (κ2) is 27.7. The van der Waals surface area contributed by atoms with E-state index in [2.05, 4.69) is 21.3 Å². The van der Waals surface area contributed by atoms with Gasteiger partial charge in [-0.1, -0.05) is 218 Å². The van der Waals surface area contributed by atoms with E-state index in [1.165, 1.54) is 20.0 Å². The summed E-state index contributed by atoms with van der Waals surface area (Å²) in [5.74, 6) is -7.57. The standard InChI is InChI=1S/C77H70N8O8P2/c1-49(53-28-10-5-11-29-53)79-71(91)57-35-17-21-39-61(57)75-83-67(87)45-44-66(86)82(83)74(60-38-20-16-34-56(60)70(90)78-48-52-26-8-4-9-27-52)94(75)64-42-24-25-43-65(64)95-76(62-40-22-18-36-58(62)72(92)80-50(2)54-30-12-6-13-31-54)84-68(88)46-47-69(89)85(84)77(95)63-41-23-19-37-59(63)73(93)81-51(3)55-32-14-7-15-33-55/h4-43,49-51,74-77H,44-48H2,1-3H3,(H,78,90)(H,79,91)(H,80,92)(H,81,93)/t49-,50-,51-,74+,75+,76+,77+,94?/m0/s1. The number of nitrogens with zero attached hydrogens (tertiary/aromatic N) is 4. The fourth-order valence-corrected chi connectivity index (χ4v) is 21.0. The highest BCUT2D eigenvalue weighted by Crippen LogP contribution is 2.74. The molecule has 0 aromatic heterocycles. The first kappa shape index (κ1) is 63.4. The molecule has 4 N–H and O–H groups in total. The minimum absolute atomic E-state index is 0.142. The maximum atomic E-state index is 15.5. The van der Waals surface area contributed by atoms with Crippen LogP contribution in [0.5, 0.6) is 0 Å². The van der Waals surface area contributed by atoms with Crippen LogP contribution in [0.25, 0.3) is 0 Å². The molecule has 95 heavy (non-hydrogen) atoms. The van der Waals surface area contributed by atoms with Crippen LogP contribution in [0.3, 0.4) is 0 Å². The molecule has 476 valence electrons. The Morgan fingerprint density at radius 3 is 0.874 bits per heavy atom. The van der Waals surface area contributed by atoms with Crippen LogP contribution in [-0.4, -0.2) is 67.3 Å². The Morgan fingerprint density at radius 2 is 0.579 bits per heavy atom. The first-order chi connectivity index (χ1) is 46.3. The SMILES string of the molecule is C[C@H](NC(=O)c1ccccc1[C@@H]1N2C(=O)CCC(=O)N2[C@@H](c2ccccc2C(=O)NCc2ccccc2)P1c1ccccc1P1[C@H](c2ccccc2C(=O)N[C@@H](C)c2ccccc2)N2C(=O)CCC(=O)N2[C@H]1c1ccccc1C(=O)N[C@@H](C)c1ccccc1)c1ccccc1. The van der Waals surface area contributed by atoms with Gasteiger partial charge in [0, 0.05) is 54.5 Å². The van der Waals surface area contributed by atoms with Crippen LogP contribution in [0.1, 0.15) is 174 Å². The van der Waals surface area contributed by atoms with Gasteiger partial charge in [0.2, 0.25) is 23.6 Å². The van der Waals surface area contributed by atoms with Gasteiger partial charge >= 0.3 is 0 Å². The van der Waals surface area contributed by atoms with Crippen molar-refractivity contribution in [1.29, 1.82) is 0 Å². The first-order valence-corrected chi connectivity index (χ1v) is 34.9. The molecule has 0 radical (unpaired) electrons. The van der Waals surface area contributed by atoms with Crippen LogP contribution >= 0.6 is 15.8 Å². The number of hydrogen-bond donors (Lipinski definition) is 4. The van der Waals surface area contributed by atoms with E-state index in [-0.39, 0.29) is 78.1 Å². The lowest BCUT2D eigenvalue weighted by molar-refractivity contribution is -0.171. The molecule has 4 fully saturated rings. The molecule has 0 bridgehead atoms. The number of nitrogens with one attached hydrogen (secondary N) is 4. The molecule has 13 rings (SSSR count). The molecule has 1 unspecified atom stereocenters. The highest BCUT2D eigenvalue weighted by atomic mass is 31.1. The molecule has 0 saturated carbocycles. The fraction of sp³-hybridized carbons (Fsp3) is 0.195. The minimum atomic E-state index is -2.20. The van der Waals surface area contributed by atoms with E-state index in [1.54, 1.807) is 54.6 Å². The van der Waals surface area contributed by atoms with Crippen molar-refractivity contribution in [3.8, 4) is 0 Å². The van der Waals surface area contributed by atoms with E-state index in [0.717, 1.165) is 22.3 Å². The Balaban J connectivity index is 1.06. The zero-order chi connectivity index (χ0) is 65.9. The van der Waals surface area contributed by atoms with Gasteiger partial charge in [-0.05, 0) is 116 Å². The van der Waals surface area contributed by atoms with Crippen molar-refractivity contribution in [2.45, 2.75) is 94.3 Å². The Labute approximate surface area is 554 Å². The number of amides is 8. The van der Waals surface area contributed by atoms with Gasteiger partial charge in [0.05, 0.1) is 18.1 Å². The van der Waals surface area contributed by atoms with Crippen molar-refractivity contribution in [2.24, 2.45) is 0 Å². The van der Waals surface area contributed by atoms with E-state index in [1.807, 2.05) is 209 Å². The summed E-state index contributed by atoms with van der Waals surface area (Å²) in [5.41, 5.74) is 6.22. The van der Waals surface area contributed by atoms with Gasteiger partial charge in [0.1, 0.15) is 23.1 Å². The summed E-state index contributed by atoms with van der Waals surface area (Å²) in [4.78, 5) is 123. The highest BCUT2D eigenvalue weighted by Gasteiger charge is 2.60. The van der Waals surface area contributed by atoms with Gasteiger partial charge in [-0.2, -0.15) is 0 Å². The number of hydrazine groups is 2. The van der Waals surface area contributed by atoms with Gasteiger partial charge in [0.15, 0.2) is 0 Å². The molecule has 4 aliphatic heterocycles. The monoisotopic (exact) mass is 1300 g/mol. The van der Waals surface area contributed by atoms with Gasteiger partial charge in [0.25, 0.3) is 23.6 Å². The van der Waals surface area contributed by atoms with Crippen LogP contribution in [0.15, 0.2) is 243 Å². The third-order valence-corrected chi connectivity index (χ3v) is 24.3. The number of rotatable bonds is 18. The van der Waals surface area contributed by atoms with Crippen LogP contribution < -0.4 is 31.9 Å². The van der Waals surface area contributed by atoms with Crippen molar-refractivity contribution < 1.29 is 38.4 Å². The molecule has 4 saturated heterocycles. The molecule has 4 aliphatic rings. The second-order valence-corrected chi connectivity index (χ2v) is 28.6. The summed E-state index contributed by atoms with van der Waals surface area (Å²) in [7, 11) is -4.39. The maximum Gasteiger partial charge on any atom is 0.252 e. The van der Waals surface area contributed by atoms with E-state index in [9.17, 15) is 0 Å². The Bertz CT molecular complexity index is 4280. The van der Waals surface area contributed by atoms with Crippen LogP contribution in [-0.2, 0) is 25.7 Å². The average Bonchev–Trinajstić information content (AvgIpc) is 1.56. The summed E-state index contributed by atoms with van der Waals surface area (Å²) in [5, 5.41) is 20.1. The summed E-state index contributed by atoms with van der Waals surface area (Å²) < 4.78 is 0. The predicted molar refractivity (Wildman–Crippen MR) is 367 cm³/mol. The van der Waals surface area contributed by atoms with Gasteiger partial charge in [-0.3, -0.25) is 38.4 Å². The summed E-state index contributed by atoms with van der Waals surface area (Å²) in [6.07, 6.45) is -0.571. The number of carbonyl (C=O) groups is 8. The zero-order valence-electron chi connectivity index (χ0n) is 52.6. The van der Waals surface area contributed by atoms with Gasteiger partial charge < -0.3 is 21.3 Å². The second-order valence-electron chi connectivity index (χ2n) is 24.1. The van der Waals surface area contributed by atoms with E-state index in [4.69, 9.17) is 0 Å². The van der Waals surface area contributed by atoms with Gasteiger partial charge in [-0.25, -0.2) is 20.0 Å². The average molecular weight is 1300 g/mol. The van der Waals surface area contributed by atoms with E-state index in [0.29, 0.717) is 32.9 Å². The quantitative estimate of drug-likeness (QED) is 0.0609. The molecule has 4 heterocycles. The lowest BCUT2D eigenvalue weighted by Crippen LogP contribution is -2.50. The Morgan fingerprint density at radius 1 is 0.337 bits per heavy atom. The van der Waals surface area contributed by atoms with Crippen LogP contribution in [0.2, 0.25) is 0 Å². The summed E-state index contributed by atoms with van der Waals surface area (Å²) in [6.45, 7) is 5.87.